The second-order valence-electron chi connectivity index (χ2n) is 43.2. The van der Waals surface area contributed by atoms with Gasteiger partial charge in [-0.2, -0.15) is 8.75 Å². The largest absolute Gasteiger partial charge is 0.586 e. The van der Waals surface area contributed by atoms with Gasteiger partial charge in [-0.25, -0.2) is 4.98 Å². The van der Waals surface area contributed by atoms with Gasteiger partial charge in [-0.15, -0.1) is 17.6 Å². The van der Waals surface area contributed by atoms with Crippen LogP contribution in [0.25, 0.3) is 22.1 Å². The first-order valence-electron chi connectivity index (χ1n) is 51.3. The van der Waals surface area contributed by atoms with Crippen molar-refractivity contribution in [2.75, 3.05) is 6.79 Å². The summed E-state index contributed by atoms with van der Waals surface area (Å²) >= 11 is 1.32. The van der Waals surface area contributed by atoms with Crippen LogP contribution >= 0.6 is 11.7 Å². The molecule has 0 saturated heterocycles. The van der Waals surface area contributed by atoms with Crippen molar-refractivity contribution < 1.29 is 46.0 Å². The van der Waals surface area contributed by atoms with Gasteiger partial charge in [0, 0.05) is 79.7 Å². The van der Waals surface area contributed by atoms with Crippen molar-refractivity contribution in [3.05, 3.63) is 285 Å². The highest BCUT2D eigenvalue weighted by atomic mass is 32.1. The van der Waals surface area contributed by atoms with E-state index in [1.165, 1.54) is 84.3 Å². The van der Waals surface area contributed by atoms with Crippen LogP contribution in [0.5, 0.6) is 34.5 Å². The SMILES string of the molecule is CC(C)c1ccc(C(C)C)c(=O)[nH]1.CC(C)c1ccc(C(C)C)c(=O)[nH]1.CC(C)c1ccc(C(C)C)c2[nH]cnc12.CC(C)c1ccc(C(C)C)c2c1OC(F)(F)O2.CC(C)c1ccc(C(C)C)c2c1OC(F)(F)O2.CC(C)c1ccc(C(C)C)c2c1OCO2.CC(C)c1ccc(C(C)C)c2nsnc12.CC(C)c1ccc(C(C)C)cc1.CC(C)c1ccc(C(C)C)nc1.CC(C)c1ccc(C(C)C)nc1. The first-order valence-corrected chi connectivity index (χ1v) is 52.0. The van der Waals surface area contributed by atoms with E-state index in [0.29, 0.717) is 101 Å². The van der Waals surface area contributed by atoms with Crippen molar-refractivity contribution >= 4 is 33.8 Å². The topological polar surface area (TPSA) is 201 Å². The van der Waals surface area contributed by atoms with Gasteiger partial charge < -0.3 is 43.4 Å². The maximum Gasteiger partial charge on any atom is 0.586 e. The van der Waals surface area contributed by atoms with Crippen molar-refractivity contribution in [3.8, 4) is 34.5 Å². The number of nitrogens with zero attached hydrogens (tertiary/aromatic N) is 5. The summed E-state index contributed by atoms with van der Waals surface area (Å²) in [4.78, 5) is 45.3. The van der Waals surface area contributed by atoms with Crippen LogP contribution in [-0.4, -0.2) is 58.0 Å². The lowest BCUT2D eigenvalue weighted by atomic mass is 9.95. The summed E-state index contributed by atoms with van der Waals surface area (Å²) in [5.41, 5.74) is 27.0. The van der Waals surface area contributed by atoms with Crippen LogP contribution in [0.15, 0.2) is 162 Å². The molecule has 6 aromatic carbocycles. The molecule has 6 aromatic heterocycles. The van der Waals surface area contributed by atoms with Crippen molar-refractivity contribution in [2.24, 2.45) is 0 Å². The zero-order valence-electron chi connectivity index (χ0n) is 92.6. The average Bonchev–Trinajstić information content (AvgIpc) is 1.62. The predicted octanol–water partition coefficient (Wildman–Crippen LogP) is 35.8. The highest BCUT2D eigenvalue weighted by Crippen LogP contribution is 2.52. The molecule has 0 atom stereocenters. The van der Waals surface area contributed by atoms with Gasteiger partial charge in [0.05, 0.1) is 29.1 Å². The zero-order valence-corrected chi connectivity index (χ0v) is 93.4. The van der Waals surface area contributed by atoms with E-state index in [2.05, 4.69) is 336 Å². The minimum atomic E-state index is -3.54. The molecule has 12 aromatic rings. The van der Waals surface area contributed by atoms with Crippen molar-refractivity contribution in [1.29, 1.82) is 0 Å². The Morgan fingerprint density at radius 3 is 0.730 bits per heavy atom. The Balaban J connectivity index is 0.000000241. The minimum Gasteiger partial charge on any atom is -0.453 e. The van der Waals surface area contributed by atoms with Crippen LogP contribution < -0.4 is 39.5 Å². The second kappa shape index (κ2) is 54.1. The number of H-pyrrole nitrogens is 3. The van der Waals surface area contributed by atoms with Gasteiger partial charge in [-0.3, -0.25) is 19.6 Å². The van der Waals surface area contributed by atoms with E-state index >= 15 is 0 Å². The molecule has 772 valence electrons. The number of hydrogen-bond acceptors (Lipinski definition) is 14. The van der Waals surface area contributed by atoms with Gasteiger partial charge in [-0.05, 0) is 187 Å². The number of nitrogens with one attached hydrogen (secondary N) is 3. The lowest BCUT2D eigenvalue weighted by molar-refractivity contribution is -0.288. The maximum absolute atomic E-state index is 13.2. The maximum atomic E-state index is 13.2. The van der Waals surface area contributed by atoms with Crippen molar-refractivity contribution in [3.63, 3.8) is 0 Å². The van der Waals surface area contributed by atoms with Gasteiger partial charge in [0.25, 0.3) is 11.1 Å². The summed E-state index contributed by atoms with van der Waals surface area (Å²) in [6.07, 6.45) is -1.32. The molecule has 9 heterocycles. The smallest absolute Gasteiger partial charge is 0.453 e. The molecule has 3 aliphatic heterocycles. The third-order valence-corrected chi connectivity index (χ3v) is 25.5. The van der Waals surface area contributed by atoms with Crippen LogP contribution in [0.1, 0.15) is 507 Å². The fourth-order valence-corrected chi connectivity index (χ4v) is 16.4. The lowest BCUT2D eigenvalue weighted by Crippen LogP contribution is -2.26. The molecule has 3 aliphatic rings. The third kappa shape index (κ3) is 34.0. The van der Waals surface area contributed by atoms with Crippen molar-refractivity contribution in [2.45, 2.75) is 408 Å². The van der Waals surface area contributed by atoms with E-state index in [1.807, 2.05) is 144 Å². The zero-order chi connectivity index (χ0) is 106. The Morgan fingerprint density at radius 2 is 0.496 bits per heavy atom. The molecule has 21 heteroatoms. The number of hydrogen-bond donors (Lipinski definition) is 3. The first-order chi connectivity index (χ1) is 65.8. The summed E-state index contributed by atoms with van der Waals surface area (Å²) < 4.78 is 91.2. The molecule has 141 heavy (non-hydrogen) atoms. The van der Waals surface area contributed by atoms with E-state index in [-0.39, 0.29) is 57.8 Å². The molecular formula is C120H170F4N8O8S. The first kappa shape index (κ1) is 119. The summed E-state index contributed by atoms with van der Waals surface area (Å²) in [6, 6.07) is 45.9. The number of ether oxygens (including phenoxy) is 6. The summed E-state index contributed by atoms with van der Waals surface area (Å²) in [5, 5.41) is 0. The van der Waals surface area contributed by atoms with E-state index < -0.39 is 12.6 Å². The van der Waals surface area contributed by atoms with Crippen LogP contribution in [-0.2, 0) is 0 Å². The van der Waals surface area contributed by atoms with Gasteiger partial charge in [0.15, 0.2) is 34.5 Å². The number of fused-ring (bicyclic) bond motifs is 5. The molecule has 3 N–H and O–H groups in total. The molecule has 0 fully saturated rings. The van der Waals surface area contributed by atoms with Crippen LogP contribution in [0.2, 0.25) is 0 Å². The molecule has 0 spiro atoms. The Bertz CT molecular complexity index is 5320. The highest BCUT2D eigenvalue weighted by Gasteiger charge is 2.48. The van der Waals surface area contributed by atoms with Crippen LogP contribution in [0, 0.1) is 0 Å². The minimum absolute atomic E-state index is 0.0567. The Kier molecular flexibility index (Phi) is 45.7. The fraction of sp³-hybridized carbons (Fsp3) is 0.525. The summed E-state index contributed by atoms with van der Waals surface area (Å²) in [6.45, 7) is 84.9. The normalized spacial score (nSPS) is 13.0. The van der Waals surface area contributed by atoms with Gasteiger partial charge in [-0.1, -0.05) is 386 Å². The monoisotopic (exact) mass is 1960 g/mol. The fourth-order valence-electron chi connectivity index (χ4n) is 15.8. The van der Waals surface area contributed by atoms with Gasteiger partial charge >= 0.3 is 12.6 Å². The number of pyridine rings is 4. The van der Waals surface area contributed by atoms with Gasteiger partial charge in [0.1, 0.15) is 11.0 Å². The molecule has 0 aliphatic carbocycles. The number of halogens is 4. The number of aromatic nitrogens is 8. The molecule has 0 amide bonds. The highest BCUT2D eigenvalue weighted by molar-refractivity contribution is 7.00. The Labute approximate surface area is 847 Å². The van der Waals surface area contributed by atoms with E-state index in [9.17, 15) is 27.2 Å². The van der Waals surface area contributed by atoms with Crippen molar-refractivity contribution in [1.82, 2.24) is 38.7 Å². The molecule has 0 saturated carbocycles. The molecule has 15 rings (SSSR count). The number of benzene rings is 6. The summed E-state index contributed by atoms with van der Waals surface area (Å²) in [5.74, 6) is 11.0. The predicted molar refractivity (Wildman–Crippen MR) is 582 cm³/mol. The van der Waals surface area contributed by atoms with E-state index in [1.54, 1.807) is 6.33 Å². The van der Waals surface area contributed by atoms with Crippen LogP contribution in [0.3, 0.4) is 0 Å². The van der Waals surface area contributed by atoms with E-state index in [0.717, 1.165) is 72.8 Å². The number of alkyl halides is 4. The molecule has 0 bridgehead atoms. The number of rotatable bonds is 20. The average molecular weight is 1960 g/mol. The number of imidazole rings is 1. The Morgan fingerprint density at radius 1 is 0.255 bits per heavy atom. The quantitative estimate of drug-likeness (QED) is 0.0609. The summed E-state index contributed by atoms with van der Waals surface area (Å²) in [7, 11) is 0. The molecule has 0 unspecified atom stereocenters. The third-order valence-electron chi connectivity index (χ3n) is 25.0. The van der Waals surface area contributed by atoms with E-state index in [4.69, 9.17) is 9.47 Å². The molecule has 0 radical (unpaired) electrons. The standard InChI is InChI=1S/2C13H16F2O2.C13H18N2.C13H18O2.C12H16N2S.C12H18.2C11H17NO.2C11H17N/c2*1-7(2)9-5-6-10(8(3)4)12-11(9)16-13(14,15)17-12;2*1-8(2)10-5-6-11(9(3)4)13-12(10)14-7-15-13;1-7(2)9-5-6-10(8(3)4)12-11(9)13-15-14-12;1-9(2)11-5-7-12(8-6-11)10(3)4;2*1-7(2)9-5-6-10(8(3)4)12-11(9)13;2*1-8(2)10-5-6-11(9(3)4)12-7-10/h2*5-8H,1-4H3;5-9H,1-4H3,(H,14,15);5-6,8-9H,7H2,1-4H3;5-8H,1-4H3;5-10H,1-4H3;2*5-8H,1-4H3,(H,12,13);2*5-9H,1-4H3. The lowest BCUT2D eigenvalue weighted by Gasteiger charge is -2.14. The Hall–Kier alpha value is -10.7. The number of aromatic amines is 3. The van der Waals surface area contributed by atoms with Gasteiger partial charge in [0.2, 0.25) is 6.79 Å². The van der Waals surface area contributed by atoms with Crippen LogP contribution in [0.4, 0.5) is 17.6 Å². The molecule has 16 nitrogen and oxygen atoms in total. The second-order valence-corrected chi connectivity index (χ2v) is 43.7. The molecular weight excluding hydrogens is 1790 g/mol.